The number of rotatable bonds is 3. The number of hydrogen-bond acceptors (Lipinski definition) is 2. The highest BCUT2D eigenvalue weighted by Crippen LogP contribution is 2.38. The number of carbonyl (C=O) groups excluding carboxylic acids is 1. The predicted octanol–water partition coefficient (Wildman–Crippen LogP) is 4.97. The smallest absolute Gasteiger partial charge is 0.257 e. The fraction of sp³-hybridized carbons (Fsp3) is 0.235. The second-order valence-electron chi connectivity index (χ2n) is 5.23. The van der Waals surface area contributed by atoms with Crippen molar-refractivity contribution in [3.8, 4) is 0 Å². The zero-order valence-electron chi connectivity index (χ0n) is 12.1. The van der Waals surface area contributed by atoms with Crippen LogP contribution in [0, 0.1) is 0 Å². The highest BCUT2D eigenvalue weighted by Gasteiger charge is 2.34. The summed E-state index contributed by atoms with van der Waals surface area (Å²) in [7, 11) is 0. The highest BCUT2D eigenvalue weighted by atomic mass is 35.5. The maximum absolute atomic E-state index is 12.8. The summed E-state index contributed by atoms with van der Waals surface area (Å²) in [6.45, 7) is 2.67. The van der Waals surface area contributed by atoms with E-state index in [0.717, 1.165) is 17.7 Å². The van der Waals surface area contributed by atoms with Gasteiger partial charge >= 0.3 is 0 Å². The van der Waals surface area contributed by atoms with Crippen LogP contribution >= 0.6 is 23.2 Å². The maximum atomic E-state index is 12.8. The van der Waals surface area contributed by atoms with Gasteiger partial charge in [0.2, 0.25) is 0 Å². The van der Waals surface area contributed by atoms with Crippen LogP contribution in [0.15, 0.2) is 42.5 Å². The molecule has 0 radical (unpaired) electrons. The van der Waals surface area contributed by atoms with Crippen LogP contribution < -0.4 is 5.32 Å². The molecule has 2 aromatic rings. The molecule has 1 atom stereocenters. The van der Waals surface area contributed by atoms with Gasteiger partial charge in [-0.2, -0.15) is 0 Å². The summed E-state index contributed by atoms with van der Waals surface area (Å²) in [4.78, 5) is 14.6. The summed E-state index contributed by atoms with van der Waals surface area (Å²) < 4.78 is 0. The number of halogens is 2. The largest absolute Gasteiger partial charge is 0.361 e. The van der Waals surface area contributed by atoms with Crippen LogP contribution in [-0.2, 0) is 0 Å². The molecule has 1 heterocycles. The molecular weight excluding hydrogens is 319 g/mol. The third-order valence-electron chi connectivity index (χ3n) is 3.76. The van der Waals surface area contributed by atoms with E-state index in [-0.39, 0.29) is 12.1 Å². The molecule has 114 valence electrons. The van der Waals surface area contributed by atoms with Crippen LogP contribution in [0.1, 0.15) is 35.4 Å². The fourth-order valence-electron chi connectivity index (χ4n) is 2.76. The Morgan fingerprint density at radius 3 is 2.45 bits per heavy atom. The van der Waals surface area contributed by atoms with E-state index in [0.29, 0.717) is 22.2 Å². The summed E-state index contributed by atoms with van der Waals surface area (Å²) in [6, 6.07) is 12.9. The van der Waals surface area contributed by atoms with Crippen LogP contribution in [0.2, 0.25) is 10.0 Å². The SMILES string of the molecule is CCCN1C(=O)c2ccccc2N[C@@H]1c1c(Cl)cccc1Cl. The van der Waals surface area contributed by atoms with E-state index in [1.807, 2.05) is 31.2 Å². The number of anilines is 1. The van der Waals surface area contributed by atoms with Gasteiger partial charge in [0.25, 0.3) is 5.91 Å². The van der Waals surface area contributed by atoms with Gasteiger partial charge in [-0.1, -0.05) is 48.3 Å². The molecular formula is C17H16Cl2N2O. The molecule has 0 bridgehead atoms. The average Bonchev–Trinajstić information content (AvgIpc) is 2.51. The molecule has 0 aliphatic carbocycles. The number of hydrogen-bond donors (Lipinski definition) is 1. The van der Waals surface area contributed by atoms with Gasteiger partial charge in [0.15, 0.2) is 0 Å². The first-order chi connectivity index (χ1) is 10.6. The van der Waals surface area contributed by atoms with Crippen molar-refractivity contribution in [1.29, 1.82) is 0 Å². The summed E-state index contributed by atoms with van der Waals surface area (Å²) in [5.41, 5.74) is 2.22. The average molecular weight is 335 g/mol. The summed E-state index contributed by atoms with van der Waals surface area (Å²) >= 11 is 12.7. The number of fused-ring (bicyclic) bond motifs is 1. The van der Waals surface area contributed by atoms with Crippen molar-refractivity contribution in [2.75, 3.05) is 11.9 Å². The Kier molecular flexibility index (Phi) is 4.27. The second-order valence-corrected chi connectivity index (χ2v) is 6.04. The van der Waals surface area contributed by atoms with Crippen molar-refractivity contribution in [2.24, 2.45) is 0 Å². The van der Waals surface area contributed by atoms with E-state index < -0.39 is 0 Å². The molecule has 1 aliphatic rings. The Bertz CT molecular complexity index is 697. The Morgan fingerprint density at radius 2 is 1.77 bits per heavy atom. The predicted molar refractivity (Wildman–Crippen MR) is 90.6 cm³/mol. The zero-order chi connectivity index (χ0) is 15.7. The van der Waals surface area contributed by atoms with Crippen molar-refractivity contribution in [3.05, 3.63) is 63.6 Å². The number of para-hydroxylation sites is 1. The molecule has 0 aromatic heterocycles. The Morgan fingerprint density at radius 1 is 1.09 bits per heavy atom. The standard InChI is InChI=1S/C17H16Cl2N2O/c1-2-10-21-16(15-12(18)7-5-8-13(15)19)20-14-9-4-3-6-11(14)17(21)22/h3-9,16,20H,2,10H2,1H3/t16-/m0/s1. The van der Waals surface area contributed by atoms with Crippen molar-refractivity contribution in [1.82, 2.24) is 4.90 Å². The Balaban J connectivity index is 2.12. The van der Waals surface area contributed by atoms with Gasteiger partial charge in [-0.15, -0.1) is 0 Å². The van der Waals surface area contributed by atoms with Crippen molar-refractivity contribution < 1.29 is 4.79 Å². The third-order valence-corrected chi connectivity index (χ3v) is 4.42. The van der Waals surface area contributed by atoms with E-state index in [4.69, 9.17) is 23.2 Å². The molecule has 3 rings (SSSR count). The van der Waals surface area contributed by atoms with Crippen LogP contribution in [0.25, 0.3) is 0 Å². The number of amides is 1. The molecule has 0 saturated carbocycles. The lowest BCUT2D eigenvalue weighted by Gasteiger charge is -2.38. The minimum atomic E-state index is -0.358. The molecule has 0 saturated heterocycles. The number of benzene rings is 2. The van der Waals surface area contributed by atoms with Gasteiger partial charge < -0.3 is 10.2 Å². The molecule has 3 nitrogen and oxygen atoms in total. The highest BCUT2D eigenvalue weighted by molar-refractivity contribution is 6.36. The molecule has 2 aromatic carbocycles. The van der Waals surface area contributed by atoms with Crippen molar-refractivity contribution in [3.63, 3.8) is 0 Å². The van der Waals surface area contributed by atoms with E-state index in [1.54, 1.807) is 23.1 Å². The fourth-order valence-corrected chi connectivity index (χ4v) is 3.37. The van der Waals surface area contributed by atoms with Crippen LogP contribution in [0.4, 0.5) is 5.69 Å². The second kappa shape index (κ2) is 6.19. The number of nitrogens with zero attached hydrogens (tertiary/aromatic N) is 1. The van der Waals surface area contributed by atoms with Gasteiger partial charge in [-0.05, 0) is 30.7 Å². The molecule has 0 unspecified atom stereocenters. The third kappa shape index (κ3) is 2.55. The van der Waals surface area contributed by atoms with Crippen LogP contribution in [0.3, 0.4) is 0 Å². The number of nitrogens with one attached hydrogen (secondary N) is 1. The first kappa shape index (κ1) is 15.2. The Hall–Kier alpha value is -1.71. The molecule has 22 heavy (non-hydrogen) atoms. The number of carbonyl (C=O) groups is 1. The maximum Gasteiger partial charge on any atom is 0.257 e. The topological polar surface area (TPSA) is 32.3 Å². The van der Waals surface area contributed by atoms with Crippen molar-refractivity contribution >= 4 is 34.8 Å². The molecule has 1 N–H and O–H groups in total. The van der Waals surface area contributed by atoms with Crippen LogP contribution in [0.5, 0.6) is 0 Å². The lowest BCUT2D eigenvalue weighted by atomic mass is 10.0. The summed E-state index contributed by atoms with van der Waals surface area (Å²) in [6.07, 6.45) is 0.497. The summed E-state index contributed by atoms with van der Waals surface area (Å²) in [5, 5.41) is 4.50. The van der Waals surface area contributed by atoms with E-state index >= 15 is 0 Å². The minimum Gasteiger partial charge on any atom is -0.361 e. The lowest BCUT2D eigenvalue weighted by Crippen LogP contribution is -2.43. The van der Waals surface area contributed by atoms with E-state index in [2.05, 4.69) is 5.32 Å². The van der Waals surface area contributed by atoms with Gasteiger partial charge in [0.05, 0.1) is 5.56 Å². The first-order valence-corrected chi connectivity index (χ1v) is 7.99. The zero-order valence-corrected chi connectivity index (χ0v) is 13.7. The van der Waals surface area contributed by atoms with Gasteiger partial charge in [0, 0.05) is 27.8 Å². The van der Waals surface area contributed by atoms with Gasteiger partial charge in [-0.3, -0.25) is 4.79 Å². The molecule has 5 heteroatoms. The minimum absolute atomic E-state index is 0.00261. The molecule has 0 spiro atoms. The van der Waals surface area contributed by atoms with Gasteiger partial charge in [-0.25, -0.2) is 0 Å². The van der Waals surface area contributed by atoms with E-state index in [1.165, 1.54) is 0 Å². The monoisotopic (exact) mass is 334 g/mol. The van der Waals surface area contributed by atoms with Crippen LogP contribution in [-0.4, -0.2) is 17.4 Å². The van der Waals surface area contributed by atoms with E-state index in [9.17, 15) is 4.79 Å². The lowest BCUT2D eigenvalue weighted by molar-refractivity contribution is 0.0683. The van der Waals surface area contributed by atoms with Crippen molar-refractivity contribution in [2.45, 2.75) is 19.5 Å². The quantitative estimate of drug-likeness (QED) is 0.859. The molecule has 0 fully saturated rings. The molecule has 1 aliphatic heterocycles. The first-order valence-electron chi connectivity index (χ1n) is 7.24. The normalized spacial score (nSPS) is 17.1. The Labute approximate surface area is 139 Å². The van der Waals surface area contributed by atoms with Gasteiger partial charge in [0.1, 0.15) is 6.17 Å². The molecule has 1 amide bonds. The summed E-state index contributed by atoms with van der Waals surface area (Å²) in [5.74, 6) is -0.00261.